The van der Waals surface area contributed by atoms with Crippen LogP contribution in [0.5, 0.6) is 5.75 Å². The molecule has 0 aliphatic rings. The fourth-order valence-electron chi connectivity index (χ4n) is 0.937. The van der Waals surface area contributed by atoms with Crippen LogP contribution in [-0.4, -0.2) is 21.2 Å². The number of halogens is 2. The Labute approximate surface area is 82.2 Å². The lowest BCUT2D eigenvalue weighted by atomic mass is 10.1. The van der Waals surface area contributed by atoms with Gasteiger partial charge < -0.3 is 10.2 Å². The van der Waals surface area contributed by atoms with Gasteiger partial charge in [0.25, 0.3) is 6.43 Å². The first-order valence-electron chi connectivity index (χ1n) is 3.62. The van der Waals surface area contributed by atoms with Gasteiger partial charge in [-0.05, 0) is 6.07 Å². The lowest BCUT2D eigenvalue weighted by Gasteiger charge is -2.05. The first-order valence-corrected chi connectivity index (χ1v) is 3.62. The van der Waals surface area contributed by atoms with Gasteiger partial charge in [-0.15, -0.1) is 0 Å². The minimum absolute atomic E-state index is 0.579. The summed E-state index contributed by atoms with van der Waals surface area (Å²) >= 11 is 0. The van der Waals surface area contributed by atoms with Crippen LogP contribution >= 0.6 is 0 Å². The van der Waals surface area contributed by atoms with Gasteiger partial charge in [-0.3, -0.25) is 0 Å². The Morgan fingerprint density at radius 1 is 1.60 bits per heavy atom. The number of nitriles is 1. The number of hydrogen-bond acceptors (Lipinski definition) is 4. The van der Waals surface area contributed by atoms with E-state index in [1.54, 1.807) is 0 Å². The van der Waals surface area contributed by atoms with E-state index >= 15 is 0 Å². The van der Waals surface area contributed by atoms with Gasteiger partial charge in [-0.25, -0.2) is 18.6 Å². The van der Waals surface area contributed by atoms with Crippen LogP contribution in [-0.2, 0) is 0 Å². The average molecular weight is 214 g/mol. The molecule has 1 heterocycles. The zero-order chi connectivity index (χ0) is 11.6. The van der Waals surface area contributed by atoms with Crippen LogP contribution in [0.3, 0.4) is 0 Å². The van der Waals surface area contributed by atoms with E-state index in [9.17, 15) is 13.6 Å². The zero-order valence-corrected chi connectivity index (χ0v) is 7.11. The Morgan fingerprint density at radius 2 is 2.20 bits per heavy atom. The van der Waals surface area contributed by atoms with Crippen LogP contribution in [0.2, 0.25) is 0 Å². The van der Waals surface area contributed by atoms with Crippen molar-refractivity contribution in [3.63, 3.8) is 0 Å². The standard InChI is InChI=1S/C8H4F2N2O3/c9-7(10)6-3(8(14)15)1-5(13)4(2-11)12-6/h1,7,13H,(H,14,15). The molecule has 0 spiro atoms. The molecule has 1 aromatic rings. The van der Waals surface area contributed by atoms with Gasteiger partial charge in [0.2, 0.25) is 0 Å². The number of aromatic hydroxyl groups is 1. The minimum atomic E-state index is -3.12. The molecule has 0 aliphatic carbocycles. The number of rotatable bonds is 2. The third-order valence-electron chi connectivity index (χ3n) is 1.57. The number of carboxylic acid groups (broad SMARTS) is 1. The molecule has 0 unspecified atom stereocenters. The molecule has 5 nitrogen and oxygen atoms in total. The van der Waals surface area contributed by atoms with Crippen molar-refractivity contribution < 1.29 is 23.8 Å². The van der Waals surface area contributed by atoms with Crippen molar-refractivity contribution in [2.24, 2.45) is 0 Å². The molecule has 0 saturated heterocycles. The second kappa shape index (κ2) is 3.88. The first-order chi connectivity index (χ1) is 6.97. The number of pyridine rings is 1. The van der Waals surface area contributed by atoms with Gasteiger partial charge in [-0.1, -0.05) is 0 Å². The molecule has 0 amide bonds. The summed E-state index contributed by atoms with van der Waals surface area (Å²) in [7, 11) is 0. The highest BCUT2D eigenvalue weighted by Gasteiger charge is 2.22. The van der Waals surface area contributed by atoms with Crippen molar-refractivity contribution in [3.05, 3.63) is 23.0 Å². The molecule has 0 aliphatic heterocycles. The molecular formula is C8H4F2N2O3. The monoisotopic (exact) mass is 214 g/mol. The number of hydrogen-bond donors (Lipinski definition) is 2. The van der Waals surface area contributed by atoms with E-state index in [1.165, 1.54) is 6.07 Å². The number of nitrogens with zero attached hydrogens (tertiary/aromatic N) is 2. The predicted molar refractivity (Wildman–Crippen MR) is 42.5 cm³/mol. The molecule has 0 aromatic carbocycles. The Kier molecular flexibility index (Phi) is 2.80. The van der Waals surface area contributed by atoms with Crippen molar-refractivity contribution in [2.45, 2.75) is 6.43 Å². The maximum absolute atomic E-state index is 12.3. The summed E-state index contributed by atoms with van der Waals surface area (Å²) in [4.78, 5) is 13.6. The van der Waals surface area contributed by atoms with Crippen molar-refractivity contribution in [2.75, 3.05) is 0 Å². The Balaban J connectivity index is 3.47. The molecule has 7 heteroatoms. The Morgan fingerprint density at radius 3 is 2.60 bits per heavy atom. The van der Waals surface area contributed by atoms with Gasteiger partial charge in [0.15, 0.2) is 11.4 Å². The molecule has 78 valence electrons. The summed E-state index contributed by atoms with van der Waals surface area (Å²) in [5, 5.41) is 26.0. The largest absolute Gasteiger partial charge is 0.505 e. The predicted octanol–water partition coefficient (Wildman–Crippen LogP) is 1.29. The number of alkyl halides is 2. The van der Waals surface area contributed by atoms with E-state index < -0.39 is 35.1 Å². The van der Waals surface area contributed by atoms with Crippen LogP contribution in [0, 0.1) is 11.3 Å². The van der Waals surface area contributed by atoms with Crippen LogP contribution in [0.15, 0.2) is 6.07 Å². The fraction of sp³-hybridized carbons (Fsp3) is 0.125. The van der Waals surface area contributed by atoms with E-state index in [1.807, 2.05) is 0 Å². The summed E-state index contributed by atoms with van der Waals surface area (Å²) in [5.74, 6) is -2.38. The van der Waals surface area contributed by atoms with Gasteiger partial charge in [0.1, 0.15) is 11.8 Å². The second-order valence-corrected chi connectivity index (χ2v) is 2.51. The fourth-order valence-corrected chi connectivity index (χ4v) is 0.937. The molecule has 1 rings (SSSR count). The van der Waals surface area contributed by atoms with Gasteiger partial charge >= 0.3 is 5.97 Å². The quantitative estimate of drug-likeness (QED) is 0.773. The molecule has 0 saturated carbocycles. The normalized spacial score (nSPS) is 10.0. The summed E-state index contributed by atoms with van der Waals surface area (Å²) in [6, 6.07) is 1.95. The highest BCUT2D eigenvalue weighted by atomic mass is 19.3. The molecule has 1 aromatic heterocycles. The third-order valence-corrected chi connectivity index (χ3v) is 1.57. The SMILES string of the molecule is N#Cc1nc(C(F)F)c(C(=O)O)cc1O. The molecule has 0 atom stereocenters. The summed E-state index contributed by atoms with van der Waals surface area (Å²) < 4.78 is 24.6. The third kappa shape index (κ3) is 1.99. The molecule has 15 heavy (non-hydrogen) atoms. The van der Waals surface area contributed by atoms with E-state index in [0.29, 0.717) is 6.07 Å². The molecule has 2 N–H and O–H groups in total. The minimum Gasteiger partial charge on any atom is -0.505 e. The zero-order valence-electron chi connectivity index (χ0n) is 7.11. The Hall–Kier alpha value is -2.23. The van der Waals surface area contributed by atoms with Gasteiger partial charge in [0.05, 0.1) is 5.56 Å². The van der Waals surface area contributed by atoms with E-state index in [4.69, 9.17) is 15.5 Å². The second-order valence-electron chi connectivity index (χ2n) is 2.51. The van der Waals surface area contributed by atoms with Crippen LogP contribution < -0.4 is 0 Å². The van der Waals surface area contributed by atoms with E-state index in [-0.39, 0.29) is 0 Å². The smallest absolute Gasteiger partial charge is 0.337 e. The molecular weight excluding hydrogens is 210 g/mol. The summed E-state index contributed by atoms with van der Waals surface area (Å²) in [6.07, 6.45) is -3.12. The van der Waals surface area contributed by atoms with Crippen molar-refractivity contribution in [1.29, 1.82) is 5.26 Å². The average Bonchev–Trinajstić information content (AvgIpc) is 2.16. The summed E-state index contributed by atoms with van der Waals surface area (Å²) in [5.41, 5.74) is -2.48. The van der Waals surface area contributed by atoms with Crippen LogP contribution in [0.4, 0.5) is 8.78 Å². The molecule has 0 fully saturated rings. The lowest BCUT2D eigenvalue weighted by molar-refractivity contribution is 0.0681. The van der Waals surface area contributed by atoms with E-state index in [0.717, 1.165) is 0 Å². The summed E-state index contributed by atoms with van der Waals surface area (Å²) in [6.45, 7) is 0. The van der Waals surface area contributed by atoms with Crippen LogP contribution in [0.1, 0.15) is 28.2 Å². The maximum atomic E-state index is 12.3. The number of aromatic carboxylic acids is 1. The maximum Gasteiger partial charge on any atom is 0.337 e. The van der Waals surface area contributed by atoms with Crippen LogP contribution in [0.25, 0.3) is 0 Å². The van der Waals surface area contributed by atoms with Crippen molar-refractivity contribution in [3.8, 4) is 11.8 Å². The Bertz CT molecular complexity index is 454. The number of carboxylic acids is 1. The molecule has 0 radical (unpaired) electrons. The van der Waals surface area contributed by atoms with E-state index in [2.05, 4.69) is 4.98 Å². The lowest BCUT2D eigenvalue weighted by Crippen LogP contribution is -2.06. The number of carbonyl (C=O) groups is 1. The van der Waals surface area contributed by atoms with Crippen molar-refractivity contribution >= 4 is 5.97 Å². The highest BCUT2D eigenvalue weighted by Crippen LogP contribution is 2.26. The highest BCUT2D eigenvalue weighted by molar-refractivity contribution is 5.89. The first kappa shape index (κ1) is 10.8. The van der Waals surface area contributed by atoms with Gasteiger partial charge in [0, 0.05) is 0 Å². The topological polar surface area (TPSA) is 94.2 Å². The van der Waals surface area contributed by atoms with Crippen molar-refractivity contribution in [1.82, 2.24) is 4.98 Å². The van der Waals surface area contributed by atoms with Gasteiger partial charge in [-0.2, -0.15) is 5.26 Å². The molecule has 0 bridgehead atoms. The number of aromatic nitrogens is 1.